The van der Waals surface area contributed by atoms with Gasteiger partial charge in [-0.1, -0.05) is 30.7 Å². The molecule has 1 aliphatic rings. The fourth-order valence-electron chi connectivity index (χ4n) is 4.10. The van der Waals surface area contributed by atoms with Gasteiger partial charge in [-0.15, -0.1) is 0 Å². The van der Waals surface area contributed by atoms with Crippen molar-refractivity contribution in [3.05, 3.63) is 53.7 Å². The van der Waals surface area contributed by atoms with E-state index < -0.39 is 0 Å². The SMILES string of the molecule is CCCN(CCNc1cc(-c2cccc(OC(C)C)c2)nc(N2CCOCC2)n1)c1ncccc1Cl. The summed E-state index contributed by atoms with van der Waals surface area (Å²) in [5.41, 5.74) is 1.84. The molecule has 0 aliphatic carbocycles. The molecule has 0 atom stereocenters. The summed E-state index contributed by atoms with van der Waals surface area (Å²) in [5.74, 6) is 3.11. The van der Waals surface area contributed by atoms with Crippen LogP contribution in [0.2, 0.25) is 5.02 Å². The number of aromatic nitrogens is 3. The Hall–Kier alpha value is -3.10. The Bertz CT molecular complexity index is 1120. The molecule has 1 aliphatic heterocycles. The van der Waals surface area contributed by atoms with Crippen LogP contribution in [0.25, 0.3) is 11.3 Å². The van der Waals surface area contributed by atoms with Gasteiger partial charge in [0.15, 0.2) is 0 Å². The van der Waals surface area contributed by atoms with Gasteiger partial charge in [0.2, 0.25) is 5.95 Å². The highest BCUT2D eigenvalue weighted by molar-refractivity contribution is 6.32. The maximum Gasteiger partial charge on any atom is 0.228 e. The predicted octanol–water partition coefficient (Wildman–Crippen LogP) is 5.14. The van der Waals surface area contributed by atoms with Crippen LogP contribution in [0, 0.1) is 0 Å². The molecule has 0 unspecified atom stereocenters. The fraction of sp³-hybridized carbons (Fsp3) is 0.444. The summed E-state index contributed by atoms with van der Waals surface area (Å²) in [6, 6.07) is 13.8. The number of ether oxygens (including phenoxy) is 2. The largest absolute Gasteiger partial charge is 0.491 e. The van der Waals surface area contributed by atoms with E-state index in [-0.39, 0.29) is 6.10 Å². The number of nitrogens with one attached hydrogen (secondary N) is 1. The van der Waals surface area contributed by atoms with E-state index in [1.54, 1.807) is 6.20 Å². The minimum atomic E-state index is 0.102. The summed E-state index contributed by atoms with van der Waals surface area (Å²) in [5, 5.41) is 4.17. The molecule has 0 bridgehead atoms. The zero-order valence-corrected chi connectivity index (χ0v) is 22.0. The lowest BCUT2D eigenvalue weighted by molar-refractivity contribution is 0.122. The molecule has 0 radical (unpaired) electrons. The zero-order chi connectivity index (χ0) is 25.3. The predicted molar refractivity (Wildman–Crippen MR) is 147 cm³/mol. The van der Waals surface area contributed by atoms with Crippen molar-refractivity contribution in [1.29, 1.82) is 0 Å². The summed E-state index contributed by atoms with van der Waals surface area (Å²) in [7, 11) is 0. The molecule has 9 heteroatoms. The molecule has 1 saturated heterocycles. The van der Waals surface area contributed by atoms with Gasteiger partial charge in [0.25, 0.3) is 0 Å². The molecule has 0 amide bonds. The van der Waals surface area contributed by atoms with Gasteiger partial charge in [-0.2, -0.15) is 4.98 Å². The van der Waals surface area contributed by atoms with Gasteiger partial charge in [0, 0.05) is 50.6 Å². The summed E-state index contributed by atoms with van der Waals surface area (Å²) in [4.78, 5) is 18.6. The third-order valence-electron chi connectivity index (χ3n) is 5.73. The Morgan fingerprint density at radius 3 is 2.69 bits per heavy atom. The Morgan fingerprint density at radius 2 is 1.94 bits per heavy atom. The lowest BCUT2D eigenvalue weighted by Gasteiger charge is -2.28. The van der Waals surface area contributed by atoms with Crippen LogP contribution in [0.3, 0.4) is 0 Å². The minimum Gasteiger partial charge on any atom is -0.491 e. The molecular formula is C27H35ClN6O2. The van der Waals surface area contributed by atoms with Crippen molar-refractivity contribution in [2.45, 2.75) is 33.3 Å². The zero-order valence-electron chi connectivity index (χ0n) is 21.3. The molecule has 1 aromatic carbocycles. The first-order valence-corrected chi connectivity index (χ1v) is 13.0. The van der Waals surface area contributed by atoms with E-state index in [0.29, 0.717) is 30.7 Å². The Labute approximate surface area is 218 Å². The van der Waals surface area contributed by atoms with Crippen LogP contribution in [-0.2, 0) is 4.74 Å². The first-order chi connectivity index (χ1) is 17.5. The normalized spacial score (nSPS) is 13.6. The van der Waals surface area contributed by atoms with Gasteiger partial charge < -0.3 is 24.6 Å². The maximum absolute atomic E-state index is 6.42. The van der Waals surface area contributed by atoms with Crippen LogP contribution in [0.5, 0.6) is 5.75 Å². The van der Waals surface area contributed by atoms with Crippen molar-refractivity contribution < 1.29 is 9.47 Å². The van der Waals surface area contributed by atoms with E-state index in [1.807, 2.05) is 50.2 Å². The number of halogens is 1. The molecule has 0 spiro atoms. The van der Waals surface area contributed by atoms with Gasteiger partial charge in [-0.05, 0) is 44.5 Å². The van der Waals surface area contributed by atoms with Gasteiger partial charge in [-0.3, -0.25) is 0 Å². The molecule has 192 valence electrons. The Morgan fingerprint density at radius 1 is 1.11 bits per heavy atom. The summed E-state index contributed by atoms with van der Waals surface area (Å²) in [6.45, 7) is 11.4. The average Bonchev–Trinajstić information content (AvgIpc) is 2.89. The van der Waals surface area contributed by atoms with Crippen molar-refractivity contribution in [2.24, 2.45) is 0 Å². The molecular weight excluding hydrogens is 476 g/mol. The second-order valence-electron chi connectivity index (χ2n) is 8.95. The van der Waals surface area contributed by atoms with E-state index in [4.69, 9.17) is 31.0 Å². The third-order valence-corrected chi connectivity index (χ3v) is 6.02. The summed E-state index contributed by atoms with van der Waals surface area (Å²) in [6.07, 6.45) is 2.88. The smallest absolute Gasteiger partial charge is 0.228 e. The summed E-state index contributed by atoms with van der Waals surface area (Å²) < 4.78 is 11.4. The van der Waals surface area contributed by atoms with Crippen molar-refractivity contribution in [2.75, 3.05) is 61.1 Å². The highest BCUT2D eigenvalue weighted by Crippen LogP contribution is 2.27. The fourth-order valence-corrected chi connectivity index (χ4v) is 4.34. The number of rotatable bonds is 11. The second kappa shape index (κ2) is 12.7. The number of morpholine rings is 1. The lowest BCUT2D eigenvalue weighted by Crippen LogP contribution is -2.37. The van der Waals surface area contributed by atoms with Crippen molar-refractivity contribution in [3.8, 4) is 17.0 Å². The minimum absolute atomic E-state index is 0.102. The van der Waals surface area contributed by atoms with Crippen molar-refractivity contribution >= 4 is 29.2 Å². The van der Waals surface area contributed by atoms with Crippen molar-refractivity contribution in [3.63, 3.8) is 0 Å². The highest BCUT2D eigenvalue weighted by Gasteiger charge is 2.17. The van der Waals surface area contributed by atoms with Gasteiger partial charge in [0.05, 0.1) is 30.0 Å². The van der Waals surface area contributed by atoms with E-state index >= 15 is 0 Å². The standard InChI is InChI=1S/C27H35ClN6O2/c1-4-12-33(26-23(28)9-6-10-30-26)13-11-29-25-19-24(21-7-5-8-22(18-21)36-20(2)3)31-27(32-25)34-14-16-35-17-15-34/h5-10,18-20H,4,11-17H2,1-3H3,(H,29,31,32). The van der Waals surface area contributed by atoms with Crippen LogP contribution < -0.4 is 19.9 Å². The van der Waals surface area contributed by atoms with Gasteiger partial charge >= 0.3 is 0 Å². The molecule has 8 nitrogen and oxygen atoms in total. The molecule has 2 aromatic heterocycles. The number of anilines is 3. The Balaban J connectivity index is 1.56. The van der Waals surface area contributed by atoms with E-state index in [1.165, 1.54) is 0 Å². The monoisotopic (exact) mass is 510 g/mol. The van der Waals surface area contributed by atoms with Crippen LogP contribution in [0.1, 0.15) is 27.2 Å². The number of nitrogens with zero attached hydrogens (tertiary/aromatic N) is 5. The molecule has 0 saturated carbocycles. The first kappa shape index (κ1) is 26.0. The molecule has 3 aromatic rings. The van der Waals surface area contributed by atoms with Crippen molar-refractivity contribution in [1.82, 2.24) is 15.0 Å². The van der Waals surface area contributed by atoms with E-state index in [2.05, 4.69) is 33.1 Å². The van der Waals surface area contributed by atoms with Gasteiger partial charge in [0.1, 0.15) is 17.4 Å². The third kappa shape index (κ3) is 6.98. The molecule has 36 heavy (non-hydrogen) atoms. The number of hydrogen-bond donors (Lipinski definition) is 1. The van der Waals surface area contributed by atoms with Gasteiger partial charge in [-0.25, -0.2) is 9.97 Å². The number of benzene rings is 1. The van der Waals surface area contributed by atoms with E-state index in [9.17, 15) is 0 Å². The number of hydrogen-bond acceptors (Lipinski definition) is 8. The van der Waals surface area contributed by atoms with Crippen LogP contribution in [0.4, 0.5) is 17.6 Å². The number of pyridine rings is 1. The first-order valence-electron chi connectivity index (χ1n) is 12.6. The van der Waals surface area contributed by atoms with E-state index in [0.717, 1.165) is 61.2 Å². The summed E-state index contributed by atoms with van der Waals surface area (Å²) >= 11 is 6.42. The maximum atomic E-state index is 6.42. The molecule has 4 rings (SSSR count). The topological polar surface area (TPSA) is 75.6 Å². The molecule has 1 fully saturated rings. The quantitative estimate of drug-likeness (QED) is 0.380. The molecule has 3 heterocycles. The lowest BCUT2D eigenvalue weighted by atomic mass is 10.1. The van der Waals surface area contributed by atoms with Crippen LogP contribution >= 0.6 is 11.6 Å². The Kier molecular flexibility index (Phi) is 9.19. The average molecular weight is 511 g/mol. The second-order valence-corrected chi connectivity index (χ2v) is 9.36. The molecule has 1 N–H and O–H groups in total. The van der Waals surface area contributed by atoms with Crippen LogP contribution in [-0.4, -0.2) is 67.0 Å². The highest BCUT2D eigenvalue weighted by atomic mass is 35.5. The van der Waals surface area contributed by atoms with Crippen LogP contribution in [0.15, 0.2) is 48.7 Å².